The predicted molar refractivity (Wildman–Crippen MR) is 299 cm³/mol. The lowest BCUT2D eigenvalue weighted by atomic mass is 9.33. The molecule has 0 saturated carbocycles. The third-order valence-electron chi connectivity index (χ3n) is 16.6. The van der Waals surface area contributed by atoms with E-state index in [4.69, 9.17) is 0 Å². The summed E-state index contributed by atoms with van der Waals surface area (Å²) in [7, 11) is 0. The molecule has 7 aromatic rings. The van der Waals surface area contributed by atoms with Gasteiger partial charge < -0.3 is 14.7 Å². The Labute approximate surface area is 414 Å². The molecular weight excluding hydrogens is 834 g/mol. The molecule has 0 aromatic heterocycles. The van der Waals surface area contributed by atoms with Crippen LogP contribution in [0.1, 0.15) is 149 Å². The van der Waals surface area contributed by atoms with Crippen LogP contribution in [0.3, 0.4) is 0 Å². The smallest absolute Gasteiger partial charge is 0.252 e. The van der Waals surface area contributed by atoms with Crippen molar-refractivity contribution in [1.29, 1.82) is 0 Å². The number of hydrogen-bond acceptors (Lipinski definition) is 3. The molecule has 0 radical (unpaired) electrons. The molecule has 0 bridgehead atoms. The Morgan fingerprint density at radius 3 is 1.45 bits per heavy atom. The van der Waals surface area contributed by atoms with E-state index in [2.05, 4.69) is 258 Å². The van der Waals surface area contributed by atoms with Crippen LogP contribution in [0.25, 0.3) is 0 Å². The molecule has 7 aromatic carbocycles. The summed E-state index contributed by atoms with van der Waals surface area (Å²) in [6.07, 6.45) is 2.23. The van der Waals surface area contributed by atoms with Gasteiger partial charge in [0, 0.05) is 45.5 Å². The van der Waals surface area contributed by atoms with Gasteiger partial charge in [0.15, 0.2) is 0 Å². The first-order valence-corrected chi connectivity index (χ1v) is 25.6. The van der Waals surface area contributed by atoms with E-state index in [-0.39, 0.29) is 39.2 Å². The fourth-order valence-corrected chi connectivity index (χ4v) is 13.7. The van der Waals surface area contributed by atoms with Crippen LogP contribution in [-0.4, -0.2) is 6.71 Å². The minimum atomic E-state index is -0.0402. The van der Waals surface area contributed by atoms with E-state index in [1.807, 2.05) is 0 Å². The van der Waals surface area contributed by atoms with Gasteiger partial charge >= 0.3 is 0 Å². The van der Waals surface area contributed by atoms with Crippen LogP contribution in [0.2, 0.25) is 0 Å². The van der Waals surface area contributed by atoms with Gasteiger partial charge in [-0.1, -0.05) is 170 Å². The topological polar surface area (TPSA) is 9.72 Å². The minimum Gasteiger partial charge on any atom is -0.311 e. The van der Waals surface area contributed by atoms with Crippen molar-refractivity contribution in [1.82, 2.24) is 0 Å². The Bertz CT molecular complexity index is 3170. The first-order valence-electron chi connectivity index (χ1n) is 25.6. The standard InChI is InChI=1S/C65H72BN3/c1-41-32-42(60(2,3)4)26-30-54(41)69-55-31-27-43(61(5,6)7)33-52(55)66-53-37-50-51(65(14,15)40-64(50,12)13)38-56(53)68(46-28-29-48-49(34-46)63(10,11)39-62(48,8)9)57-35-47(36-58(69)59(57)66)67(44-22-18-16-19-23-44)45-24-20-17-21-25-45/h16-38H,39-40H2,1-15H3. The van der Waals surface area contributed by atoms with Crippen molar-refractivity contribution in [3.8, 4) is 0 Å². The van der Waals surface area contributed by atoms with Crippen molar-refractivity contribution in [2.45, 2.75) is 149 Å². The molecule has 69 heavy (non-hydrogen) atoms. The SMILES string of the molecule is Cc1cc(C(C)(C)C)ccc1N1c2ccc(C(C)(C)C)cc2B2c3cc4c(cc3N(c3ccc5c(c3)C(C)(C)CC5(C)C)c3cc(N(c5ccccc5)c5ccccc5)cc1c32)C(C)(C)CC4(C)C. The first-order chi connectivity index (χ1) is 32.4. The number of rotatable bonds is 5. The average Bonchev–Trinajstić information content (AvgIpc) is 3.59. The monoisotopic (exact) mass is 906 g/mol. The van der Waals surface area contributed by atoms with Crippen LogP contribution >= 0.6 is 0 Å². The van der Waals surface area contributed by atoms with E-state index in [1.165, 1.54) is 89.5 Å². The van der Waals surface area contributed by atoms with Crippen molar-refractivity contribution >= 4 is 74.3 Å². The van der Waals surface area contributed by atoms with E-state index < -0.39 is 0 Å². The molecule has 0 N–H and O–H groups in total. The van der Waals surface area contributed by atoms with Crippen LogP contribution in [0.5, 0.6) is 0 Å². The maximum Gasteiger partial charge on any atom is 0.252 e. The van der Waals surface area contributed by atoms with Gasteiger partial charge in [-0.15, -0.1) is 0 Å². The van der Waals surface area contributed by atoms with Crippen LogP contribution in [-0.2, 0) is 32.5 Å². The van der Waals surface area contributed by atoms with Gasteiger partial charge in [0.2, 0.25) is 0 Å². The number of fused-ring (bicyclic) bond motifs is 6. The van der Waals surface area contributed by atoms with Gasteiger partial charge in [-0.2, -0.15) is 0 Å². The summed E-state index contributed by atoms with van der Waals surface area (Å²) in [6, 6.07) is 54.4. The Hall–Kier alpha value is -6.00. The van der Waals surface area contributed by atoms with E-state index in [1.54, 1.807) is 0 Å². The molecule has 2 aliphatic heterocycles. The molecule has 2 heterocycles. The summed E-state index contributed by atoms with van der Waals surface area (Å²) < 4.78 is 0. The molecule has 0 spiro atoms. The molecule has 0 fully saturated rings. The maximum absolute atomic E-state index is 2.69. The molecule has 350 valence electrons. The molecule has 3 nitrogen and oxygen atoms in total. The molecule has 0 unspecified atom stereocenters. The Morgan fingerprint density at radius 2 is 0.899 bits per heavy atom. The summed E-state index contributed by atoms with van der Waals surface area (Å²) in [4.78, 5) is 7.79. The fraction of sp³-hybridized carbons (Fsp3) is 0.354. The van der Waals surface area contributed by atoms with Crippen molar-refractivity contribution in [2.24, 2.45) is 0 Å². The van der Waals surface area contributed by atoms with Gasteiger partial charge in [0.05, 0.1) is 5.69 Å². The molecule has 0 saturated heterocycles. The summed E-state index contributed by atoms with van der Waals surface area (Å²) >= 11 is 0. The Morgan fingerprint density at radius 1 is 0.420 bits per heavy atom. The lowest BCUT2D eigenvalue weighted by molar-refractivity contribution is 0.403. The van der Waals surface area contributed by atoms with Gasteiger partial charge in [0.25, 0.3) is 6.71 Å². The number of anilines is 9. The summed E-state index contributed by atoms with van der Waals surface area (Å²) in [5.74, 6) is 0. The summed E-state index contributed by atoms with van der Waals surface area (Å²) in [6.45, 7) is 36.0. The molecule has 0 amide bonds. The second-order valence-corrected chi connectivity index (χ2v) is 25.9. The second kappa shape index (κ2) is 15.0. The molecule has 4 aliphatic rings. The molecule has 4 heteroatoms. The van der Waals surface area contributed by atoms with Crippen LogP contribution in [0.15, 0.2) is 140 Å². The van der Waals surface area contributed by atoms with E-state index in [0.717, 1.165) is 29.9 Å². The highest BCUT2D eigenvalue weighted by Crippen LogP contribution is 2.56. The van der Waals surface area contributed by atoms with Crippen molar-refractivity contribution in [2.75, 3.05) is 14.7 Å². The number of aryl methyl sites for hydroxylation is 1. The molecular formula is C65H72BN3. The summed E-state index contributed by atoms with van der Waals surface area (Å²) in [5, 5.41) is 0. The van der Waals surface area contributed by atoms with Crippen molar-refractivity contribution < 1.29 is 0 Å². The highest BCUT2D eigenvalue weighted by Gasteiger charge is 2.49. The van der Waals surface area contributed by atoms with Gasteiger partial charge in [-0.3, -0.25) is 0 Å². The number of benzene rings is 7. The largest absolute Gasteiger partial charge is 0.311 e. The molecule has 11 rings (SSSR count). The van der Waals surface area contributed by atoms with Crippen LogP contribution in [0, 0.1) is 6.92 Å². The van der Waals surface area contributed by atoms with Crippen molar-refractivity contribution in [3.63, 3.8) is 0 Å². The molecule has 2 aliphatic carbocycles. The predicted octanol–water partition coefficient (Wildman–Crippen LogP) is 16.1. The van der Waals surface area contributed by atoms with Crippen molar-refractivity contribution in [3.05, 3.63) is 178 Å². The fourth-order valence-electron chi connectivity index (χ4n) is 13.7. The van der Waals surface area contributed by atoms with Gasteiger partial charge in [0.1, 0.15) is 0 Å². The Kier molecular flexibility index (Phi) is 9.88. The molecule has 0 atom stereocenters. The van der Waals surface area contributed by atoms with Crippen LogP contribution in [0.4, 0.5) is 51.2 Å². The van der Waals surface area contributed by atoms with E-state index in [9.17, 15) is 0 Å². The third-order valence-corrected chi connectivity index (χ3v) is 16.6. The van der Waals surface area contributed by atoms with E-state index >= 15 is 0 Å². The highest BCUT2D eigenvalue weighted by atomic mass is 15.2. The lowest BCUT2D eigenvalue weighted by Gasteiger charge is -2.46. The average molecular weight is 906 g/mol. The van der Waals surface area contributed by atoms with Gasteiger partial charge in [-0.25, -0.2) is 0 Å². The maximum atomic E-state index is 2.69. The number of para-hydroxylation sites is 2. The third kappa shape index (κ3) is 7.13. The van der Waals surface area contributed by atoms with Gasteiger partial charge in [-0.05, 0) is 174 Å². The number of nitrogens with zero attached hydrogens (tertiary/aromatic N) is 3. The summed E-state index contributed by atoms with van der Waals surface area (Å²) in [5.41, 5.74) is 25.0. The number of hydrogen-bond donors (Lipinski definition) is 0. The highest BCUT2D eigenvalue weighted by molar-refractivity contribution is 7.00. The van der Waals surface area contributed by atoms with Crippen LogP contribution < -0.4 is 31.1 Å². The zero-order valence-corrected chi connectivity index (χ0v) is 44.1. The Balaban J connectivity index is 1.31. The zero-order chi connectivity index (χ0) is 49.0. The normalized spacial score (nSPS) is 17.8. The minimum absolute atomic E-state index is 0.00508. The van der Waals surface area contributed by atoms with E-state index in [0.29, 0.717) is 0 Å². The first kappa shape index (κ1) is 45.4. The lowest BCUT2D eigenvalue weighted by Crippen LogP contribution is -2.61. The quantitative estimate of drug-likeness (QED) is 0.159. The zero-order valence-electron chi connectivity index (χ0n) is 44.1. The second-order valence-electron chi connectivity index (χ2n) is 25.9.